The Hall–Kier alpha value is -3.62. The van der Waals surface area contributed by atoms with Crippen LogP contribution < -0.4 is 10.6 Å². The van der Waals surface area contributed by atoms with E-state index in [-0.39, 0.29) is 11.6 Å². The molecule has 0 saturated carbocycles. The summed E-state index contributed by atoms with van der Waals surface area (Å²) >= 11 is 7.44. The van der Waals surface area contributed by atoms with Gasteiger partial charge in [0.25, 0.3) is 0 Å². The average Bonchev–Trinajstić information content (AvgIpc) is 3.03. The third kappa shape index (κ3) is 10.7. The first-order chi connectivity index (χ1) is 20.6. The minimum absolute atomic E-state index is 0.222. The molecular weight excluding hydrogens is 570 g/mol. The van der Waals surface area contributed by atoms with E-state index in [2.05, 4.69) is 50.9 Å². The summed E-state index contributed by atoms with van der Waals surface area (Å²) in [5, 5.41) is 6.65. The lowest BCUT2D eigenvalue weighted by Gasteiger charge is -2.07. The molecule has 2 heterocycles. The number of halogens is 3. The lowest BCUT2D eigenvalue weighted by molar-refractivity contribution is 0.627. The molecule has 2 aromatic heterocycles. The summed E-state index contributed by atoms with van der Waals surface area (Å²) in [6, 6.07) is 27.4. The van der Waals surface area contributed by atoms with Crippen molar-refractivity contribution in [2.75, 3.05) is 24.7 Å². The molecule has 0 atom stereocenters. The Labute approximate surface area is 255 Å². The molecule has 42 heavy (non-hydrogen) atoms. The van der Waals surface area contributed by atoms with Gasteiger partial charge in [0.15, 0.2) is 0 Å². The summed E-state index contributed by atoms with van der Waals surface area (Å²) in [6.07, 6.45) is 7.26. The van der Waals surface area contributed by atoms with Crippen LogP contribution in [0.5, 0.6) is 0 Å². The van der Waals surface area contributed by atoms with Crippen molar-refractivity contribution in [1.82, 2.24) is 20.6 Å². The predicted molar refractivity (Wildman–Crippen MR) is 171 cm³/mol. The first-order valence-corrected chi connectivity index (χ1v) is 15.2. The molecule has 0 fully saturated rings. The van der Waals surface area contributed by atoms with E-state index in [4.69, 9.17) is 11.6 Å². The standard InChI is InChI=1S/C20H19FN2S.C14H14ClFN2/c21-19-8-6-17(7-9-19)18-12-16(14-23-15-18)13-22-10-11-24-20-4-2-1-3-5-20;15-5-6-17-8-11-7-13(10-18-9-11)12-1-3-14(16)4-2-12/h1-9,12,14-15,22H,10-11,13H2;1-4,7,9-10,17H,5-6,8H2. The molecule has 0 aliphatic carbocycles. The Bertz CT molecular complexity index is 1490. The topological polar surface area (TPSA) is 49.8 Å². The molecule has 0 unspecified atom stereocenters. The molecule has 0 aliphatic heterocycles. The number of hydrogen-bond acceptors (Lipinski definition) is 5. The van der Waals surface area contributed by atoms with Crippen LogP contribution in [-0.2, 0) is 13.1 Å². The molecule has 0 bridgehead atoms. The number of nitrogens with zero attached hydrogens (tertiary/aromatic N) is 2. The van der Waals surface area contributed by atoms with Gasteiger partial charge in [-0.3, -0.25) is 9.97 Å². The van der Waals surface area contributed by atoms with Crippen molar-refractivity contribution in [1.29, 1.82) is 0 Å². The van der Waals surface area contributed by atoms with Crippen LogP contribution in [0.4, 0.5) is 8.78 Å². The second kappa shape index (κ2) is 17.4. The van der Waals surface area contributed by atoms with E-state index in [1.165, 1.54) is 29.2 Å². The summed E-state index contributed by atoms with van der Waals surface area (Å²) in [4.78, 5) is 9.78. The second-order valence-corrected chi connectivity index (χ2v) is 10.9. The van der Waals surface area contributed by atoms with Gasteiger partial charge >= 0.3 is 0 Å². The summed E-state index contributed by atoms with van der Waals surface area (Å²) in [5.74, 6) is 1.16. The van der Waals surface area contributed by atoms with Crippen LogP contribution in [0.1, 0.15) is 11.1 Å². The van der Waals surface area contributed by atoms with E-state index in [9.17, 15) is 8.78 Å². The van der Waals surface area contributed by atoms with Gasteiger partial charge in [-0.2, -0.15) is 0 Å². The van der Waals surface area contributed by atoms with Crippen LogP contribution in [0.25, 0.3) is 22.3 Å². The molecule has 4 nitrogen and oxygen atoms in total. The van der Waals surface area contributed by atoms with Gasteiger partial charge in [0.1, 0.15) is 11.6 Å². The molecule has 5 rings (SSSR count). The van der Waals surface area contributed by atoms with Gasteiger partial charge in [0.05, 0.1) is 0 Å². The van der Waals surface area contributed by atoms with E-state index in [0.717, 1.165) is 65.3 Å². The number of aromatic nitrogens is 2. The SMILES string of the molecule is Fc1ccc(-c2cncc(CNCCCl)c2)cc1.Fc1ccc(-c2cncc(CNCCSc3ccccc3)c2)cc1. The van der Waals surface area contributed by atoms with Crippen LogP contribution in [0.15, 0.2) is 121 Å². The molecule has 3 aromatic carbocycles. The van der Waals surface area contributed by atoms with Crippen molar-refractivity contribution in [2.24, 2.45) is 0 Å². The molecule has 0 radical (unpaired) electrons. The zero-order chi connectivity index (χ0) is 29.4. The van der Waals surface area contributed by atoms with Crippen molar-refractivity contribution in [3.05, 3.63) is 139 Å². The van der Waals surface area contributed by atoms with Gasteiger partial charge < -0.3 is 10.6 Å². The smallest absolute Gasteiger partial charge is 0.123 e. The number of benzene rings is 3. The van der Waals surface area contributed by atoms with Crippen molar-refractivity contribution >= 4 is 23.4 Å². The maximum absolute atomic E-state index is 13.0. The van der Waals surface area contributed by atoms with E-state index < -0.39 is 0 Å². The molecule has 216 valence electrons. The monoisotopic (exact) mass is 602 g/mol. The Morgan fingerprint density at radius 2 is 1.10 bits per heavy atom. The molecule has 0 amide bonds. The highest BCUT2D eigenvalue weighted by Crippen LogP contribution is 2.21. The Kier molecular flexibility index (Phi) is 12.9. The highest BCUT2D eigenvalue weighted by molar-refractivity contribution is 7.99. The fourth-order valence-corrected chi connectivity index (χ4v) is 5.02. The fraction of sp³-hybridized carbons (Fsp3) is 0.176. The Morgan fingerprint density at radius 1 is 0.595 bits per heavy atom. The number of rotatable bonds is 12. The van der Waals surface area contributed by atoms with Gasteiger partial charge in [-0.1, -0.05) is 42.5 Å². The molecule has 2 N–H and O–H groups in total. The molecule has 0 aliphatic rings. The highest BCUT2D eigenvalue weighted by Gasteiger charge is 2.02. The van der Waals surface area contributed by atoms with Gasteiger partial charge in [-0.15, -0.1) is 23.4 Å². The first-order valence-electron chi connectivity index (χ1n) is 13.7. The van der Waals surface area contributed by atoms with Gasteiger partial charge in [-0.25, -0.2) is 8.78 Å². The maximum Gasteiger partial charge on any atom is 0.123 e. The maximum atomic E-state index is 13.0. The van der Waals surface area contributed by atoms with Gasteiger partial charge in [0.2, 0.25) is 0 Å². The zero-order valence-corrected chi connectivity index (χ0v) is 24.7. The number of thioether (sulfide) groups is 1. The van der Waals surface area contributed by atoms with E-state index in [1.54, 1.807) is 30.5 Å². The minimum Gasteiger partial charge on any atom is -0.312 e. The molecule has 5 aromatic rings. The number of nitrogens with one attached hydrogen (secondary N) is 2. The van der Waals surface area contributed by atoms with Crippen LogP contribution in [0.3, 0.4) is 0 Å². The van der Waals surface area contributed by atoms with Gasteiger partial charge in [-0.05, 0) is 70.8 Å². The van der Waals surface area contributed by atoms with Crippen LogP contribution >= 0.6 is 23.4 Å². The highest BCUT2D eigenvalue weighted by atomic mass is 35.5. The fourth-order valence-electron chi connectivity index (χ4n) is 4.06. The predicted octanol–water partition coefficient (Wildman–Crippen LogP) is 7.99. The normalized spacial score (nSPS) is 10.6. The van der Waals surface area contributed by atoms with Crippen molar-refractivity contribution < 1.29 is 8.78 Å². The van der Waals surface area contributed by atoms with Crippen molar-refractivity contribution in [3.63, 3.8) is 0 Å². The summed E-state index contributed by atoms with van der Waals surface area (Å²) < 4.78 is 25.9. The van der Waals surface area contributed by atoms with E-state index in [0.29, 0.717) is 5.88 Å². The first kappa shape index (κ1) is 31.3. The lowest BCUT2D eigenvalue weighted by Crippen LogP contribution is -2.16. The third-order valence-electron chi connectivity index (χ3n) is 6.17. The number of alkyl halides is 1. The van der Waals surface area contributed by atoms with E-state index >= 15 is 0 Å². The number of pyridine rings is 2. The second-order valence-electron chi connectivity index (χ2n) is 9.38. The quantitative estimate of drug-likeness (QED) is 0.0861. The summed E-state index contributed by atoms with van der Waals surface area (Å²) in [6.45, 7) is 3.20. The zero-order valence-electron chi connectivity index (χ0n) is 23.1. The van der Waals surface area contributed by atoms with Crippen LogP contribution in [0.2, 0.25) is 0 Å². The van der Waals surface area contributed by atoms with E-state index in [1.807, 2.05) is 42.5 Å². The van der Waals surface area contributed by atoms with Crippen LogP contribution in [-0.4, -0.2) is 34.7 Å². The third-order valence-corrected chi connectivity index (χ3v) is 7.37. The van der Waals surface area contributed by atoms with Crippen molar-refractivity contribution in [2.45, 2.75) is 18.0 Å². The molecular formula is C34H33ClF2N4S. The molecule has 0 saturated heterocycles. The summed E-state index contributed by atoms with van der Waals surface area (Å²) in [7, 11) is 0. The van der Waals surface area contributed by atoms with Crippen LogP contribution in [0, 0.1) is 11.6 Å². The Balaban J connectivity index is 0.000000201. The molecule has 0 spiro atoms. The van der Waals surface area contributed by atoms with Gasteiger partial charge in [0, 0.05) is 78.6 Å². The average molecular weight is 603 g/mol. The minimum atomic E-state index is -0.230. The summed E-state index contributed by atoms with van der Waals surface area (Å²) in [5.41, 5.74) is 6.14. The van der Waals surface area contributed by atoms with Crippen molar-refractivity contribution in [3.8, 4) is 22.3 Å². The molecule has 8 heteroatoms. The largest absolute Gasteiger partial charge is 0.312 e. The lowest BCUT2D eigenvalue weighted by atomic mass is 10.1. The Morgan fingerprint density at radius 3 is 1.60 bits per heavy atom. The number of hydrogen-bond donors (Lipinski definition) is 2.